The summed E-state index contributed by atoms with van der Waals surface area (Å²) in [5, 5.41) is 0.433. The summed E-state index contributed by atoms with van der Waals surface area (Å²) in [5.74, 6) is 0. The quantitative estimate of drug-likeness (QED) is 0.492. The van der Waals surface area contributed by atoms with Crippen molar-refractivity contribution in [3.8, 4) is 0 Å². The van der Waals surface area contributed by atoms with Crippen molar-refractivity contribution in [3.05, 3.63) is 0 Å². The standard InChI is InChI=1S/C8H16ClN/c1-10-6-3-2-4-8(9)5-7-10/h8H,2-7H2,1H3. The summed E-state index contributed by atoms with van der Waals surface area (Å²) in [4.78, 5) is 2.37. The number of halogens is 1. The Kier molecular flexibility index (Phi) is 3.50. The Balaban J connectivity index is 2.23. The van der Waals surface area contributed by atoms with Crippen LogP contribution in [0.2, 0.25) is 0 Å². The summed E-state index contributed by atoms with van der Waals surface area (Å²) >= 11 is 6.03. The Morgan fingerprint density at radius 1 is 1.20 bits per heavy atom. The van der Waals surface area contributed by atoms with E-state index >= 15 is 0 Å². The highest BCUT2D eigenvalue weighted by Gasteiger charge is 2.09. The van der Waals surface area contributed by atoms with Crippen molar-refractivity contribution >= 4 is 11.6 Å². The Morgan fingerprint density at radius 2 is 2.00 bits per heavy atom. The molecule has 0 aliphatic carbocycles. The average Bonchev–Trinajstić information content (AvgIpc) is 1.90. The maximum Gasteiger partial charge on any atom is 0.0348 e. The van der Waals surface area contributed by atoms with Gasteiger partial charge in [0, 0.05) is 5.38 Å². The molecule has 0 radical (unpaired) electrons. The lowest BCUT2D eigenvalue weighted by Crippen LogP contribution is -2.25. The fourth-order valence-corrected chi connectivity index (χ4v) is 1.62. The third kappa shape index (κ3) is 2.89. The van der Waals surface area contributed by atoms with E-state index in [-0.39, 0.29) is 0 Å². The smallest absolute Gasteiger partial charge is 0.0348 e. The summed E-state index contributed by atoms with van der Waals surface area (Å²) in [6.45, 7) is 2.43. The maximum absolute atomic E-state index is 6.03. The van der Waals surface area contributed by atoms with Crippen LogP contribution in [-0.4, -0.2) is 30.4 Å². The van der Waals surface area contributed by atoms with Crippen LogP contribution in [0.5, 0.6) is 0 Å². The zero-order chi connectivity index (χ0) is 7.40. The van der Waals surface area contributed by atoms with E-state index in [1.807, 2.05) is 0 Å². The second-order valence-corrected chi connectivity index (χ2v) is 3.80. The molecule has 1 atom stereocenters. The van der Waals surface area contributed by atoms with Crippen molar-refractivity contribution in [1.82, 2.24) is 4.90 Å². The van der Waals surface area contributed by atoms with Gasteiger partial charge in [-0.25, -0.2) is 0 Å². The molecule has 1 aliphatic rings. The lowest BCUT2D eigenvalue weighted by atomic mass is 10.1. The molecule has 0 N–H and O–H groups in total. The molecule has 0 aromatic rings. The van der Waals surface area contributed by atoms with Gasteiger partial charge >= 0.3 is 0 Å². The van der Waals surface area contributed by atoms with Crippen molar-refractivity contribution in [2.24, 2.45) is 0 Å². The van der Waals surface area contributed by atoms with Crippen molar-refractivity contribution in [2.45, 2.75) is 31.1 Å². The first-order chi connectivity index (χ1) is 4.79. The molecule has 1 unspecified atom stereocenters. The first-order valence-corrected chi connectivity index (χ1v) is 4.55. The van der Waals surface area contributed by atoms with Crippen LogP contribution >= 0.6 is 11.6 Å². The van der Waals surface area contributed by atoms with Crippen LogP contribution in [0.1, 0.15) is 25.7 Å². The average molecular weight is 162 g/mol. The van der Waals surface area contributed by atoms with Gasteiger partial charge in [-0.05, 0) is 39.4 Å². The van der Waals surface area contributed by atoms with Gasteiger partial charge in [-0.2, -0.15) is 0 Å². The lowest BCUT2D eigenvalue weighted by Gasteiger charge is -2.21. The first kappa shape index (κ1) is 8.35. The molecule has 0 aromatic carbocycles. The number of hydrogen-bond donors (Lipinski definition) is 0. The topological polar surface area (TPSA) is 3.24 Å². The van der Waals surface area contributed by atoms with E-state index in [0.29, 0.717) is 5.38 Å². The number of rotatable bonds is 0. The van der Waals surface area contributed by atoms with Gasteiger partial charge in [0.05, 0.1) is 0 Å². The molecule has 0 bridgehead atoms. The fourth-order valence-electron chi connectivity index (χ4n) is 1.36. The van der Waals surface area contributed by atoms with E-state index in [1.54, 1.807) is 0 Å². The van der Waals surface area contributed by atoms with Gasteiger partial charge in [0.15, 0.2) is 0 Å². The SMILES string of the molecule is CN1CCCCC(Cl)CC1. The van der Waals surface area contributed by atoms with Gasteiger partial charge in [-0.15, -0.1) is 11.6 Å². The molecule has 10 heavy (non-hydrogen) atoms. The van der Waals surface area contributed by atoms with Gasteiger partial charge in [0.2, 0.25) is 0 Å². The molecule has 1 heterocycles. The summed E-state index contributed by atoms with van der Waals surface area (Å²) in [5.41, 5.74) is 0. The predicted octanol–water partition coefficient (Wildman–Crippen LogP) is 2.10. The molecule has 60 valence electrons. The second-order valence-electron chi connectivity index (χ2n) is 3.19. The largest absolute Gasteiger partial charge is 0.306 e. The van der Waals surface area contributed by atoms with Crippen molar-refractivity contribution in [2.75, 3.05) is 20.1 Å². The van der Waals surface area contributed by atoms with E-state index in [1.165, 1.54) is 32.4 Å². The summed E-state index contributed by atoms with van der Waals surface area (Å²) < 4.78 is 0. The van der Waals surface area contributed by atoms with Crippen molar-refractivity contribution in [1.29, 1.82) is 0 Å². The Morgan fingerprint density at radius 3 is 2.80 bits per heavy atom. The third-order valence-corrected chi connectivity index (χ3v) is 2.57. The highest BCUT2D eigenvalue weighted by atomic mass is 35.5. The van der Waals surface area contributed by atoms with Gasteiger partial charge in [0.1, 0.15) is 0 Å². The van der Waals surface area contributed by atoms with Crippen molar-refractivity contribution < 1.29 is 0 Å². The van der Waals surface area contributed by atoms with Crippen LogP contribution in [-0.2, 0) is 0 Å². The highest BCUT2D eigenvalue weighted by molar-refractivity contribution is 6.20. The molecular formula is C8H16ClN. The Bertz CT molecular complexity index is 83.3. The molecule has 1 saturated heterocycles. The molecule has 1 rings (SSSR count). The first-order valence-electron chi connectivity index (χ1n) is 4.11. The second kappa shape index (κ2) is 4.20. The Hall–Kier alpha value is 0.250. The molecule has 1 nitrogen and oxygen atoms in total. The van der Waals surface area contributed by atoms with E-state index < -0.39 is 0 Å². The van der Waals surface area contributed by atoms with Gasteiger partial charge < -0.3 is 4.90 Å². The van der Waals surface area contributed by atoms with Crippen LogP contribution in [0.15, 0.2) is 0 Å². The van der Waals surface area contributed by atoms with E-state index in [0.717, 1.165) is 6.42 Å². The molecule has 1 fully saturated rings. The van der Waals surface area contributed by atoms with Gasteiger partial charge in [-0.1, -0.05) is 6.42 Å². The van der Waals surface area contributed by atoms with E-state index in [4.69, 9.17) is 11.6 Å². The summed E-state index contributed by atoms with van der Waals surface area (Å²) in [6.07, 6.45) is 5.01. The number of hydrogen-bond acceptors (Lipinski definition) is 1. The summed E-state index contributed by atoms with van der Waals surface area (Å²) in [7, 11) is 2.18. The van der Waals surface area contributed by atoms with E-state index in [9.17, 15) is 0 Å². The fraction of sp³-hybridized carbons (Fsp3) is 1.00. The van der Waals surface area contributed by atoms with Crippen LogP contribution < -0.4 is 0 Å². The van der Waals surface area contributed by atoms with Gasteiger partial charge in [-0.3, -0.25) is 0 Å². The minimum atomic E-state index is 0.433. The predicted molar refractivity (Wildman–Crippen MR) is 45.6 cm³/mol. The molecule has 1 aliphatic heterocycles. The molecule has 0 aromatic heterocycles. The lowest BCUT2D eigenvalue weighted by molar-refractivity contribution is 0.299. The highest BCUT2D eigenvalue weighted by Crippen LogP contribution is 2.14. The zero-order valence-corrected chi connectivity index (χ0v) is 7.40. The van der Waals surface area contributed by atoms with Crippen LogP contribution in [0.25, 0.3) is 0 Å². The number of alkyl halides is 1. The number of nitrogens with zero attached hydrogens (tertiary/aromatic N) is 1. The Labute approximate surface area is 68.4 Å². The van der Waals surface area contributed by atoms with Gasteiger partial charge in [0.25, 0.3) is 0 Å². The number of likely N-dealkylation sites (tertiary alicyclic amines) is 1. The normalized spacial score (nSPS) is 31.2. The van der Waals surface area contributed by atoms with Crippen LogP contribution in [0, 0.1) is 0 Å². The molecular weight excluding hydrogens is 146 g/mol. The molecule has 2 heteroatoms. The van der Waals surface area contributed by atoms with E-state index in [2.05, 4.69) is 11.9 Å². The van der Waals surface area contributed by atoms with Crippen LogP contribution in [0.3, 0.4) is 0 Å². The maximum atomic E-state index is 6.03. The third-order valence-electron chi connectivity index (χ3n) is 2.13. The zero-order valence-electron chi connectivity index (χ0n) is 6.65. The van der Waals surface area contributed by atoms with Crippen molar-refractivity contribution in [3.63, 3.8) is 0 Å². The minimum Gasteiger partial charge on any atom is -0.306 e. The molecule has 0 saturated carbocycles. The molecule has 0 spiro atoms. The monoisotopic (exact) mass is 161 g/mol. The minimum absolute atomic E-state index is 0.433. The summed E-state index contributed by atoms with van der Waals surface area (Å²) in [6, 6.07) is 0. The van der Waals surface area contributed by atoms with Crippen LogP contribution in [0.4, 0.5) is 0 Å². The molecule has 0 amide bonds.